The van der Waals surface area contributed by atoms with E-state index in [0.29, 0.717) is 0 Å². The third kappa shape index (κ3) is 1.75. The number of hydrogen-bond acceptors (Lipinski definition) is 2. The number of halogens is 2. The van der Waals surface area contributed by atoms with Gasteiger partial charge in [0.1, 0.15) is 0 Å². The Balaban J connectivity index is 2.56. The fourth-order valence-corrected chi connectivity index (χ4v) is 2.93. The molecule has 70 valence electrons. The number of fused-ring (bicyclic) bond motifs is 1. The van der Waals surface area contributed by atoms with E-state index in [1.807, 2.05) is 12.1 Å². The summed E-state index contributed by atoms with van der Waals surface area (Å²) in [6.45, 7) is 0.828. The van der Waals surface area contributed by atoms with Gasteiger partial charge < -0.3 is 10.4 Å². The minimum Gasteiger partial charge on any atom is -0.388 e. The van der Waals surface area contributed by atoms with E-state index in [2.05, 4.69) is 37.2 Å². The van der Waals surface area contributed by atoms with Crippen molar-refractivity contribution in [2.24, 2.45) is 0 Å². The van der Waals surface area contributed by atoms with E-state index in [0.717, 1.165) is 33.2 Å². The van der Waals surface area contributed by atoms with Crippen molar-refractivity contribution in [3.8, 4) is 0 Å². The molecule has 1 aliphatic rings. The molecule has 13 heavy (non-hydrogen) atoms. The Morgan fingerprint density at radius 1 is 1.38 bits per heavy atom. The van der Waals surface area contributed by atoms with Gasteiger partial charge in [0.25, 0.3) is 0 Å². The van der Waals surface area contributed by atoms with E-state index in [9.17, 15) is 5.11 Å². The first kappa shape index (κ1) is 9.49. The normalized spacial score (nSPS) is 20.7. The molecule has 0 fully saturated rings. The highest BCUT2D eigenvalue weighted by Crippen LogP contribution is 2.37. The number of anilines is 1. The Labute approximate surface area is 93.6 Å². The zero-order valence-electron chi connectivity index (χ0n) is 6.85. The second-order valence-corrected chi connectivity index (χ2v) is 4.85. The van der Waals surface area contributed by atoms with Crippen LogP contribution in [0.15, 0.2) is 21.1 Å². The average molecular weight is 307 g/mol. The first-order chi connectivity index (χ1) is 6.18. The third-order valence-corrected chi connectivity index (χ3v) is 3.25. The molecule has 0 aliphatic carbocycles. The molecule has 0 saturated carbocycles. The standard InChI is InChI=1S/C9H9Br2NO/c10-5-3-6-8(13)1-2-12-9(6)7(11)4-5/h3-4,8,12-13H,1-2H2. The second-order valence-electron chi connectivity index (χ2n) is 3.08. The van der Waals surface area contributed by atoms with E-state index in [1.165, 1.54) is 0 Å². The van der Waals surface area contributed by atoms with Crippen molar-refractivity contribution in [3.05, 3.63) is 26.6 Å². The van der Waals surface area contributed by atoms with Crippen LogP contribution in [0.4, 0.5) is 5.69 Å². The molecular weight excluding hydrogens is 298 g/mol. The van der Waals surface area contributed by atoms with Crippen LogP contribution in [0.1, 0.15) is 18.1 Å². The molecule has 1 aromatic rings. The summed E-state index contributed by atoms with van der Waals surface area (Å²) in [6, 6.07) is 3.93. The smallest absolute Gasteiger partial charge is 0.0827 e. The molecule has 2 rings (SSSR count). The number of nitrogens with one attached hydrogen (secondary N) is 1. The van der Waals surface area contributed by atoms with Gasteiger partial charge in [-0.1, -0.05) is 15.9 Å². The quantitative estimate of drug-likeness (QED) is 0.772. The summed E-state index contributed by atoms with van der Waals surface area (Å²) < 4.78 is 1.98. The minimum absolute atomic E-state index is 0.343. The third-order valence-electron chi connectivity index (χ3n) is 2.16. The van der Waals surface area contributed by atoms with E-state index in [-0.39, 0.29) is 6.10 Å². The SMILES string of the molecule is OC1CCNc2c(Br)cc(Br)cc21. The molecule has 4 heteroatoms. The topological polar surface area (TPSA) is 32.3 Å². The molecule has 0 spiro atoms. The minimum atomic E-state index is -0.343. The van der Waals surface area contributed by atoms with E-state index < -0.39 is 0 Å². The predicted octanol–water partition coefficient (Wildman–Crippen LogP) is 3.06. The van der Waals surface area contributed by atoms with Crippen LogP contribution in [-0.2, 0) is 0 Å². The maximum Gasteiger partial charge on any atom is 0.0827 e. The molecule has 0 bridgehead atoms. The first-order valence-corrected chi connectivity index (χ1v) is 5.68. The summed E-state index contributed by atoms with van der Waals surface area (Å²) in [5.41, 5.74) is 1.98. The zero-order chi connectivity index (χ0) is 9.42. The van der Waals surface area contributed by atoms with E-state index >= 15 is 0 Å². The van der Waals surface area contributed by atoms with Crippen LogP contribution in [-0.4, -0.2) is 11.7 Å². The number of rotatable bonds is 0. The number of aliphatic hydroxyl groups excluding tert-OH is 1. The van der Waals surface area contributed by atoms with Crippen LogP contribution >= 0.6 is 31.9 Å². The van der Waals surface area contributed by atoms with Gasteiger partial charge in [-0.25, -0.2) is 0 Å². The van der Waals surface area contributed by atoms with Crippen molar-refractivity contribution in [2.45, 2.75) is 12.5 Å². The van der Waals surface area contributed by atoms with Crippen molar-refractivity contribution < 1.29 is 5.11 Å². The van der Waals surface area contributed by atoms with Gasteiger partial charge in [-0.05, 0) is 34.5 Å². The van der Waals surface area contributed by atoms with Gasteiger partial charge in [0, 0.05) is 21.1 Å². The monoisotopic (exact) mass is 305 g/mol. The molecule has 1 unspecified atom stereocenters. The lowest BCUT2D eigenvalue weighted by atomic mass is 10.0. The van der Waals surface area contributed by atoms with Crippen LogP contribution in [0.3, 0.4) is 0 Å². The molecule has 0 saturated heterocycles. The Bertz CT molecular complexity index is 341. The second kappa shape index (κ2) is 3.59. The fourth-order valence-electron chi connectivity index (χ4n) is 1.53. The van der Waals surface area contributed by atoms with Gasteiger partial charge in [0.05, 0.1) is 11.8 Å². The lowest BCUT2D eigenvalue weighted by Gasteiger charge is -2.24. The Morgan fingerprint density at radius 3 is 2.92 bits per heavy atom. The molecule has 2 nitrogen and oxygen atoms in total. The van der Waals surface area contributed by atoms with E-state index in [4.69, 9.17) is 0 Å². The molecular formula is C9H9Br2NO. The Kier molecular flexibility index (Phi) is 2.62. The van der Waals surface area contributed by atoms with Crippen LogP contribution in [0.25, 0.3) is 0 Å². The van der Waals surface area contributed by atoms with Gasteiger partial charge in [-0.15, -0.1) is 0 Å². The van der Waals surface area contributed by atoms with Gasteiger partial charge in [-0.3, -0.25) is 0 Å². The first-order valence-electron chi connectivity index (χ1n) is 4.09. The lowest BCUT2D eigenvalue weighted by Crippen LogP contribution is -2.16. The van der Waals surface area contributed by atoms with Gasteiger partial charge in [0.15, 0.2) is 0 Å². The molecule has 1 heterocycles. The molecule has 1 atom stereocenters. The van der Waals surface area contributed by atoms with E-state index in [1.54, 1.807) is 0 Å². The maximum absolute atomic E-state index is 9.73. The highest BCUT2D eigenvalue weighted by Gasteiger charge is 2.19. The highest BCUT2D eigenvalue weighted by atomic mass is 79.9. The maximum atomic E-state index is 9.73. The number of hydrogen-bond donors (Lipinski definition) is 2. The summed E-state index contributed by atoms with van der Waals surface area (Å²) in [5, 5.41) is 13.0. The van der Waals surface area contributed by atoms with Gasteiger partial charge >= 0.3 is 0 Å². The van der Waals surface area contributed by atoms with Crippen LogP contribution in [0.5, 0.6) is 0 Å². The number of benzene rings is 1. The number of aliphatic hydroxyl groups is 1. The largest absolute Gasteiger partial charge is 0.388 e. The summed E-state index contributed by atoms with van der Waals surface area (Å²) in [4.78, 5) is 0. The molecule has 0 aromatic heterocycles. The molecule has 0 radical (unpaired) electrons. The fraction of sp³-hybridized carbons (Fsp3) is 0.333. The van der Waals surface area contributed by atoms with Crippen molar-refractivity contribution >= 4 is 37.5 Å². The van der Waals surface area contributed by atoms with Crippen molar-refractivity contribution in [1.82, 2.24) is 0 Å². The van der Waals surface area contributed by atoms with Crippen LogP contribution in [0.2, 0.25) is 0 Å². The average Bonchev–Trinajstić information content (AvgIpc) is 2.07. The summed E-state index contributed by atoms with van der Waals surface area (Å²) >= 11 is 6.86. The van der Waals surface area contributed by atoms with Crippen LogP contribution in [0, 0.1) is 0 Å². The zero-order valence-corrected chi connectivity index (χ0v) is 10.0. The molecule has 2 N–H and O–H groups in total. The Hall–Kier alpha value is -0.0600. The van der Waals surface area contributed by atoms with Crippen molar-refractivity contribution in [1.29, 1.82) is 0 Å². The Morgan fingerprint density at radius 2 is 2.15 bits per heavy atom. The van der Waals surface area contributed by atoms with Gasteiger partial charge in [-0.2, -0.15) is 0 Å². The van der Waals surface area contributed by atoms with Gasteiger partial charge in [0.2, 0.25) is 0 Å². The summed E-state index contributed by atoms with van der Waals surface area (Å²) in [7, 11) is 0. The van der Waals surface area contributed by atoms with Crippen molar-refractivity contribution in [3.63, 3.8) is 0 Å². The molecule has 0 amide bonds. The summed E-state index contributed by atoms with van der Waals surface area (Å²) in [6.07, 6.45) is 0.431. The van der Waals surface area contributed by atoms with Crippen molar-refractivity contribution in [2.75, 3.05) is 11.9 Å². The highest BCUT2D eigenvalue weighted by molar-refractivity contribution is 9.11. The molecule has 1 aromatic carbocycles. The van der Waals surface area contributed by atoms with Crippen LogP contribution < -0.4 is 5.32 Å². The molecule has 1 aliphatic heterocycles. The predicted molar refractivity (Wildman–Crippen MR) is 59.9 cm³/mol. The lowest BCUT2D eigenvalue weighted by molar-refractivity contribution is 0.168. The summed E-state index contributed by atoms with van der Waals surface area (Å²) in [5.74, 6) is 0.